The van der Waals surface area contributed by atoms with E-state index in [1.54, 1.807) is 11.8 Å². The van der Waals surface area contributed by atoms with Gasteiger partial charge in [-0.1, -0.05) is 68.9 Å². The van der Waals surface area contributed by atoms with Crippen molar-refractivity contribution in [1.29, 1.82) is 0 Å². The van der Waals surface area contributed by atoms with Gasteiger partial charge in [-0.3, -0.25) is 14.5 Å². The van der Waals surface area contributed by atoms with E-state index in [1.807, 2.05) is 60.0 Å². The van der Waals surface area contributed by atoms with Crippen LogP contribution in [0.3, 0.4) is 0 Å². The Morgan fingerprint density at radius 2 is 1.86 bits per heavy atom. The molecule has 2 N–H and O–H groups in total. The molecule has 1 unspecified atom stereocenters. The number of rotatable bonds is 11. The molecule has 220 valence electrons. The molecule has 4 aromatic rings. The summed E-state index contributed by atoms with van der Waals surface area (Å²) in [7, 11) is 0. The van der Waals surface area contributed by atoms with Crippen LogP contribution in [0.2, 0.25) is 0 Å². The molecule has 2 amide bonds. The molecule has 1 aliphatic rings. The Morgan fingerprint density at radius 1 is 1.07 bits per heavy atom. The minimum absolute atomic E-state index is 0.0286. The second-order valence-corrected chi connectivity index (χ2v) is 12.3. The first kappa shape index (κ1) is 29.9. The quantitative estimate of drug-likeness (QED) is 0.194. The number of imidazole rings is 1. The topological polar surface area (TPSA) is 79.3 Å². The highest BCUT2D eigenvalue weighted by Crippen LogP contribution is 2.28. The lowest BCUT2D eigenvalue weighted by Crippen LogP contribution is -2.40. The predicted octanol–water partition coefficient (Wildman–Crippen LogP) is 6.61. The van der Waals surface area contributed by atoms with E-state index in [9.17, 15) is 9.59 Å². The van der Waals surface area contributed by atoms with E-state index in [1.165, 1.54) is 12.0 Å². The Morgan fingerprint density at radius 3 is 2.62 bits per heavy atom. The Bertz CT molecular complexity index is 1550. The van der Waals surface area contributed by atoms with Crippen LogP contribution in [0.4, 0.5) is 5.69 Å². The number of hydrogen-bond acceptors (Lipinski definition) is 5. The van der Waals surface area contributed by atoms with Crippen LogP contribution in [0.25, 0.3) is 11.0 Å². The maximum absolute atomic E-state index is 13.2. The Kier molecular flexibility index (Phi) is 9.65. The highest BCUT2D eigenvalue weighted by Gasteiger charge is 2.23. The van der Waals surface area contributed by atoms with E-state index in [2.05, 4.69) is 54.5 Å². The highest BCUT2D eigenvalue weighted by atomic mass is 32.2. The molecule has 3 aromatic carbocycles. The zero-order chi connectivity index (χ0) is 29.6. The number of nitrogens with one attached hydrogen (secondary N) is 2. The molecule has 8 heteroatoms. The molecular formula is C34H41N5O2S. The van der Waals surface area contributed by atoms with Crippen molar-refractivity contribution in [3.05, 3.63) is 89.0 Å². The van der Waals surface area contributed by atoms with Gasteiger partial charge in [0.15, 0.2) is 5.16 Å². The van der Waals surface area contributed by atoms with E-state index >= 15 is 0 Å². The smallest absolute Gasteiger partial charge is 0.251 e. The van der Waals surface area contributed by atoms with Gasteiger partial charge in [-0.15, -0.1) is 0 Å². The third kappa shape index (κ3) is 7.05. The minimum atomic E-state index is -0.0842. The maximum Gasteiger partial charge on any atom is 0.251 e. The molecule has 5 rings (SSSR count). The summed E-state index contributed by atoms with van der Waals surface area (Å²) in [6.07, 6.45) is 2.34. The third-order valence-electron chi connectivity index (χ3n) is 8.11. The summed E-state index contributed by atoms with van der Waals surface area (Å²) in [5, 5.41) is 7.03. The van der Waals surface area contributed by atoms with Crippen molar-refractivity contribution in [2.24, 2.45) is 0 Å². The van der Waals surface area contributed by atoms with Crippen LogP contribution in [0.1, 0.15) is 66.6 Å². The fourth-order valence-electron chi connectivity index (χ4n) is 5.54. The average Bonchev–Trinajstić information content (AvgIpc) is 3.60. The number of nitrogens with zero attached hydrogens (tertiary/aromatic N) is 3. The fraction of sp³-hybridized carbons (Fsp3) is 0.382. The molecule has 1 saturated heterocycles. The van der Waals surface area contributed by atoms with E-state index in [4.69, 9.17) is 4.98 Å². The van der Waals surface area contributed by atoms with Gasteiger partial charge in [0.2, 0.25) is 5.91 Å². The molecule has 1 fully saturated rings. The summed E-state index contributed by atoms with van der Waals surface area (Å²) in [4.78, 5) is 33.3. The SMILES string of the molecule is CCN1CCCC1CNC(=O)c1ccc(CSc2nc3ccccc3n2CC(=O)Nc2cc(C(C)C)ccc2C)cc1. The van der Waals surface area contributed by atoms with Gasteiger partial charge < -0.3 is 15.2 Å². The largest absolute Gasteiger partial charge is 0.350 e. The van der Waals surface area contributed by atoms with Gasteiger partial charge in [0, 0.05) is 29.6 Å². The van der Waals surface area contributed by atoms with Gasteiger partial charge in [0.1, 0.15) is 6.54 Å². The van der Waals surface area contributed by atoms with Crippen LogP contribution >= 0.6 is 11.8 Å². The number of hydrogen-bond donors (Lipinski definition) is 2. The van der Waals surface area contributed by atoms with E-state index in [-0.39, 0.29) is 18.4 Å². The van der Waals surface area contributed by atoms with Crippen LogP contribution in [0, 0.1) is 6.92 Å². The summed E-state index contributed by atoms with van der Waals surface area (Å²) < 4.78 is 1.99. The number of benzene rings is 3. The second-order valence-electron chi connectivity index (χ2n) is 11.4. The van der Waals surface area contributed by atoms with Crippen LogP contribution in [0.15, 0.2) is 71.9 Å². The molecule has 0 aliphatic carbocycles. The van der Waals surface area contributed by atoms with Gasteiger partial charge in [-0.25, -0.2) is 4.98 Å². The predicted molar refractivity (Wildman–Crippen MR) is 172 cm³/mol. The first-order valence-corrected chi connectivity index (χ1v) is 15.9. The number of likely N-dealkylation sites (tertiary alicyclic amines) is 1. The van der Waals surface area contributed by atoms with E-state index < -0.39 is 0 Å². The number of para-hydroxylation sites is 2. The zero-order valence-electron chi connectivity index (χ0n) is 25.0. The number of aryl methyl sites for hydroxylation is 1. The number of aromatic nitrogens is 2. The molecule has 1 aliphatic heterocycles. The lowest BCUT2D eigenvalue weighted by atomic mass is 10.0. The van der Waals surface area contributed by atoms with Crippen LogP contribution in [-0.4, -0.2) is 51.9 Å². The average molecular weight is 584 g/mol. The Labute approximate surface area is 253 Å². The maximum atomic E-state index is 13.2. The van der Waals surface area contributed by atoms with Crippen LogP contribution in [0.5, 0.6) is 0 Å². The third-order valence-corrected chi connectivity index (χ3v) is 9.16. The Balaban J connectivity index is 1.24. The molecule has 7 nitrogen and oxygen atoms in total. The molecule has 1 aromatic heterocycles. The lowest BCUT2D eigenvalue weighted by Gasteiger charge is -2.22. The summed E-state index contributed by atoms with van der Waals surface area (Å²) in [5.41, 5.74) is 6.64. The summed E-state index contributed by atoms with van der Waals surface area (Å²) in [5.74, 6) is 0.947. The van der Waals surface area contributed by atoms with Gasteiger partial charge in [-0.05, 0) is 85.8 Å². The van der Waals surface area contributed by atoms with Gasteiger partial charge in [0.05, 0.1) is 11.0 Å². The number of carbonyl (C=O) groups excluding carboxylic acids is 2. The molecule has 42 heavy (non-hydrogen) atoms. The number of amides is 2. The molecule has 2 heterocycles. The first-order valence-electron chi connectivity index (χ1n) is 14.9. The number of carbonyl (C=O) groups is 2. The molecule has 0 saturated carbocycles. The van der Waals surface area contributed by atoms with Crippen molar-refractivity contribution in [3.63, 3.8) is 0 Å². The van der Waals surface area contributed by atoms with Crippen molar-refractivity contribution >= 4 is 40.3 Å². The van der Waals surface area contributed by atoms with Gasteiger partial charge in [-0.2, -0.15) is 0 Å². The molecule has 0 bridgehead atoms. The van der Waals surface area contributed by atoms with E-state index in [0.717, 1.165) is 52.5 Å². The molecular weight excluding hydrogens is 542 g/mol. The monoisotopic (exact) mass is 583 g/mol. The molecule has 1 atom stereocenters. The second kappa shape index (κ2) is 13.6. The first-order chi connectivity index (χ1) is 20.3. The lowest BCUT2D eigenvalue weighted by molar-refractivity contribution is -0.116. The van der Waals surface area contributed by atoms with Crippen LogP contribution < -0.4 is 10.6 Å². The highest BCUT2D eigenvalue weighted by molar-refractivity contribution is 7.98. The standard InChI is InChI=1S/C34H41N5O2S/c1-5-38-18-8-9-28(38)20-35-33(41)26-16-13-25(14-17-26)22-42-34-37-29-10-6-7-11-31(29)39(34)21-32(40)36-30-19-27(23(2)3)15-12-24(30)4/h6-7,10-17,19,23,28H,5,8-9,18,20-22H2,1-4H3,(H,35,41)(H,36,40). The van der Waals surface area contributed by atoms with Crippen molar-refractivity contribution in [3.8, 4) is 0 Å². The summed E-state index contributed by atoms with van der Waals surface area (Å²) in [6.45, 7) is 11.5. The number of likely N-dealkylation sites (N-methyl/N-ethyl adjacent to an activating group) is 1. The zero-order valence-corrected chi connectivity index (χ0v) is 25.8. The number of fused-ring (bicyclic) bond motifs is 1. The van der Waals surface area contributed by atoms with Gasteiger partial charge >= 0.3 is 0 Å². The van der Waals surface area contributed by atoms with Gasteiger partial charge in [0.25, 0.3) is 5.91 Å². The Hall–Kier alpha value is -3.62. The molecule has 0 radical (unpaired) electrons. The summed E-state index contributed by atoms with van der Waals surface area (Å²) >= 11 is 1.59. The number of anilines is 1. The van der Waals surface area contributed by atoms with Crippen molar-refractivity contribution < 1.29 is 9.59 Å². The minimum Gasteiger partial charge on any atom is -0.350 e. The summed E-state index contributed by atoms with van der Waals surface area (Å²) in [6, 6.07) is 22.4. The van der Waals surface area contributed by atoms with Crippen LogP contribution in [-0.2, 0) is 17.1 Å². The fourth-order valence-corrected chi connectivity index (χ4v) is 6.51. The van der Waals surface area contributed by atoms with Crippen molar-refractivity contribution in [2.75, 3.05) is 25.0 Å². The number of thioether (sulfide) groups is 1. The van der Waals surface area contributed by atoms with Crippen molar-refractivity contribution in [1.82, 2.24) is 19.8 Å². The normalized spacial score (nSPS) is 15.4. The van der Waals surface area contributed by atoms with Crippen molar-refractivity contribution in [2.45, 2.75) is 70.0 Å². The molecule has 0 spiro atoms. The van der Waals surface area contributed by atoms with E-state index in [0.29, 0.717) is 29.8 Å².